The van der Waals surface area contributed by atoms with Crippen LogP contribution in [0.4, 0.5) is 0 Å². The van der Waals surface area contributed by atoms with Crippen LogP contribution >= 0.6 is 0 Å². The van der Waals surface area contributed by atoms with Gasteiger partial charge in [-0.3, -0.25) is 18.5 Å². The van der Waals surface area contributed by atoms with Crippen molar-refractivity contribution >= 4 is 56.3 Å². The zero-order valence-corrected chi connectivity index (χ0v) is 18.8. The summed E-state index contributed by atoms with van der Waals surface area (Å²) >= 11 is 0. The third kappa shape index (κ3) is 42.2. The Kier molecular flexibility index (Phi) is 25.6. The van der Waals surface area contributed by atoms with Crippen molar-refractivity contribution in [2.75, 3.05) is 0 Å². The van der Waals surface area contributed by atoms with E-state index in [1.807, 2.05) is 0 Å². The van der Waals surface area contributed by atoms with E-state index in [-0.39, 0.29) is 36.0 Å². The Bertz CT molecular complexity index is 624. The molecular weight excluding hydrogens is 447 g/mol. The van der Waals surface area contributed by atoms with Crippen LogP contribution in [-0.4, -0.2) is 66.0 Å². The number of hydrogen-bond donors (Lipinski definition) is 3. The number of allylic oxidation sites excluding steroid dienone is 2. The maximum absolute atomic E-state index is 11.0. The van der Waals surface area contributed by atoms with E-state index in [0.29, 0.717) is 6.42 Å². The molecular formula is C18H37NaO9S2. The Morgan fingerprint density at radius 2 is 1.10 bits per heavy atom. The average Bonchev–Trinajstić information content (AvgIpc) is 2.55. The molecule has 0 atom stereocenters. The van der Waals surface area contributed by atoms with Crippen LogP contribution in [0.1, 0.15) is 96.8 Å². The van der Waals surface area contributed by atoms with Crippen molar-refractivity contribution < 1.29 is 39.5 Å². The van der Waals surface area contributed by atoms with Crippen LogP contribution in [-0.2, 0) is 29.8 Å². The summed E-state index contributed by atoms with van der Waals surface area (Å²) in [4.78, 5) is 11.0. The second-order valence-corrected chi connectivity index (χ2v) is 8.58. The summed E-state index contributed by atoms with van der Waals surface area (Å²) in [5.41, 5.74) is 0. The molecule has 0 aliphatic carbocycles. The quantitative estimate of drug-likeness (QED) is 0.127. The van der Waals surface area contributed by atoms with Crippen LogP contribution in [0, 0.1) is 0 Å². The fourth-order valence-corrected chi connectivity index (χ4v) is 2.82. The van der Waals surface area contributed by atoms with Crippen molar-refractivity contribution in [1.82, 2.24) is 0 Å². The van der Waals surface area contributed by atoms with Gasteiger partial charge in [-0.25, -0.2) is 0 Å². The molecule has 0 amide bonds. The van der Waals surface area contributed by atoms with Crippen LogP contribution in [0.15, 0.2) is 12.2 Å². The first kappa shape index (κ1) is 34.6. The number of carbonyl (C=O) groups is 1. The Balaban J connectivity index is -0.00000108. The summed E-state index contributed by atoms with van der Waals surface area (Å²) in [6.07, 6.45) is 19.6. The molecule has 0 aromatic rings. The van der Waals surface area contributed by atoms with E-state index < -0.39 is 26.8 Å². The van der Waals surface area contributed by atoms with E-state index in [2.05, 4.69) is 23.3 Å². The van der Waals surface area contributed by atoms with E-state index in [1.165, 1.54) is 44.9 Å². The predicted molar refractivity (Wildman–Crippen MR) is 118 cm³/mol. The van der Waals surface area contributed by atoms with Crippen molar-refractivity contribution in [1.29, 1.82) is 0 Å². The summed E-state index contributed by atoms with van der Waals surface area (Å²) in [6.45, 7) is 2.24. The molecule has 0 spiro atoms. The summed E-state index contributed by atoms with van der Waals surface area (Å²) in [6, 6.07) is 0. The fraction of sp³-hybridized carbons (Fsp3) is 0.833. The Morgan fingerprint density at radius 1 is 0.733 bits per heavy atom. The number of hydrogen-bond acceptors (Lipinski definition) is 6. The third-order valence-electron chi connectivity index (χ3n) is 3.84. The van der Waals surface area contributed by atoms with Gasteiger partial charge in [0.05, 0.1) is 0 Å². The van der Waals surface area contributed by atoms with Gasteiger partial charge in [-0.05, 0) is 32.1 Å². The van der Waals surface area contributed by atoms with E-state index in [1.54, 1.807) is 0 Å². The first-order valence-electron chi connectivity index (χ1n) is 10.00. The normalized spacial score (nSPS) is 11.5. The minimum atomic E-state index is -4.67. The number of unbranched alkanes of at least 4 members (excludes halogenated alkanes) is 11. The molecule has 30 heavy (non-hydrogen) atoms. The standard InChI is InChI=1S/C18H34O5S.Na.H2O4S.H/c1-2-3-4-5-6-7-8-9-10-11-12-13-14-15-16-17-18(19)23-24(20,21)22;;1-5(2,3)4;/h9-10H,2-8,11-17H2,1H3,(H,20,21,22);;(H2,1,2,3,4);. The van der Waals surface area contributed by atoms with Gasteiger partial charge in [0, 0.05) is 6.42 Å². The molecule has 0 aliphatic rings. The Labute approximate surface area is 203 Å². The molecule has 0 fully saturated rings. The maximum atomic E-state index is 11.0. The van der Waals surface area contributed by atoms with E-state index in [0.717, 1.165) is 32.1 Å². The molecule has 0 bridgehead atoms. The SMILES string of the molecule is CCCCCCCCC=CCCCCCCCC(=O)OS(=O)(=O)O.O=S(=O)(O)O.[NaH]. The zero-order chi connectivity index (χ0) is 22.6. The number of rotatable bonds is 16. The van der Waals surface area contributed by atoms with Crippen molar-refractivity contribution in [2.45, 2.75) is 96.8 Å². The van der Waals surface area contributed by atoms with Gasteiger partial charge in [-0.15, -0.1) is 0 Å². The summed E-state index contributed by atoms with van der Waals surface area (Å²) in [7, 11) is -9.32. The molecule has 9 nitrogen and oxygen atoms in total. The first-order valence-corrected chi connectivity index (χ1v) is 12.8. The Morgan fingerprint density at radius 3 is 1.50 bits per heavy atom. The van der Waals surface area contributed by atoms with Gasteiger partial charge < -0.3 is 4.18 Å². The summed E-state index contributed by atoms with van der Waals surface area (Å²) in [5, 5.41) is 0. The fourth-order valence-electron chi connectivity index (χ4n) is 2.50. The van der Waals surface area contributed by atoms with E-state index in [9.17, 15) is 13.2 Å². The van der Waals surface area contributed by atoms with Crippen LogP contribution in [0.5, 0.6) is 0 Å². The topological polar surface area (TPSA) is 155 Å². The molecule has 0 unspecified atom stereocenters. The van der Waals surface area contributed by atoms with Crippen molar-refractivity contribution in [2.24, 2.45) is 0 Å². The van der Waals surface area contributed by atoms with Gasteiger partial charge in [-0.1, -0.05) is 70.4 Å². The van der Waals surface area contributed by atoms with Gasteiger partial charge >= 0.3 is 56.3 Å². The Hall–Kier alpha value is -0.0100. The third-order valence-corrected chi connectivity index (χ3v) is 4.24. The van der Waals surface area contributed by atoms with Crippen molar-refractivity contribution in [3.63, 3.8) is 0 Å². The van der Waals surface area contributed by atoms with Gasteiger partial charge in [0.25, 0.3) is 0 Å². The molecule has 176 valence electrons. The molecule has 0 aromatic heterocycles. The first-order chi connectivity index (χ1) is 13.5. The molecule has 0 rings (SSSR count). The van der Waals surface area contributed by atoms with E-state index >= 15 is 0 Å². The summed E-state index contributed by atoms with van der Waals surface area (Å²) in [5.74, 6) is -0.893. The molecule has 0 radical (unpaired) electrons. The molecule has 12 heteroatoms. The second-order valence-electron chi connectivity index (χ2n) is 6.67. The van der Waals surface area contributed by atoms with Gasteiger partial charge in [0.2, 0.25) is 0 Å². The average molecular weight is 485 g/mol. The van der Waals surface area contributed by atoms with Crippen molar-refractivity contribution in [3.8, 4) is 0 Å². The van der Waals surface area contributed by atoms with E-state index in [4.69, 9.17) is 22.1 Å². The zero-order valence-electron chi connectivity index (χ0n) is 17.2. The molecule has 3 N–H and O–H groups in total. The molecule has 0 saturated carbocycles. The number of carbonyl (C=O) groups excluding carboxylic acids is 1. The molecule has 0 heterocycles. The van der Waals surface area contributed by atoms with Crippen LogP contribution in [0.25, 0.3) is 0 Å². The monoisotopic (exact) mass is 484 g/mol. The molecule has 0 saturated heterocycles. The minimum absolute atomic E-state index is 0. The second kappa shape index (κ2) is 22.2. The summed E-state index contributed by atoms with van der Waals surface area (Å²) < 4.78 is 64.4. The van der Waals surface area contributed by atoms with Crippen LogP contribution < -0.4 is 0 Å². The van der Waals surface area contributed by atoms with Gasteiger partial charge in [0.15, 0.2) is 0 Å². The molecule has 0 aliphatic heterocycles. The van der Waals surface area contributed by atoms with Gasteiger partial charge in [0.1, 0.15) is 0 Å². The van der Waals surface area contributed by atoms with Crippen LogP contribution in [0.3, 0.4) is 0 Å². The van der Waals surface area contributed by atoms with Gasteiger partial charge in [-0.2, -0.15) is 16.8 Å². The van der Waals surface area contributed by atoms with Crippen molar-refractivity contribution in [3.05, 3.63) is 12.2 Å². The predicted octanol–water partition coefficient (Wildman–Crippen LogP) is 4.07. The molecule has 0 aromatic carbocycles. The van der Waals surface area contributed by atoms with Crippen LogP contribution in [0.2, 0.25) is 0 Å².